The average Bonchev–Trinajstić information content (AvgIpc) is 3.15. The van der Waals surface area contributed by atoms with Crippen LogP contribution in [0.4, 0.5) is 10.5 Å². The van der Waals surface area contributed by atoms with Crippen molar-refractivity contribution in [2.24, 2.45) is 0 Å². The molecule has 0 saturated carbocycles. The summed E-state index contributed by atoms with van der Waals surface area (Å²) in [5, 5.41) is 8.46. The van der Waals surface area contributed by atoms with Gasteiger partial charge in [-0.3, -0.25) is 4.79 Å². The first-order valence-electron chi connectivity index (χ1n) is 8.21. The quantitative estimate of drug-likeness (QED) is 0.640. The average molecular weight is 341 g/mol. The maximum atomic E-state index is 11.9. The van der Waals surface area contributed by atoms with E-state index < -0.39 is 0 Å². The Labute approximate surface area is 147 Å². The van der Waals surface area contributed by atoms with Gasteiger partial charge in [0.25, 0.3) is 5.91 Å². The first-order chi connectivity index (χ1) is 12.1. The number of hydrogen-bond acceptors (Lipinski definition) is 3. The van der Waals surface area contributed by atoms with Crippen molar-refractivity contribution in [1.29, 1.82) is 0 Å². The summed E-state index contributed by atoms with van der Waals surface area (Å²) < 4.78 is 5.04. The molecule has 3 N–H and O–H groups in total. The third-order valence-electron chi connectivity index (χ3n) is 3.69. The second kappa shape index (κ2) is 9.32. The highest BCUT2D eigenvalue weighted by Crippen LogP contribution is 2.11. The molecule has 132 valence electrons. The summed E-state index contributed by atoms with van der Waals surface area (Å²) >= 11 is 0. The largest absolute Gasteiger partial charge is 0.459 e. The first-order valence-corrected chi connectivity index (χ1v) is 8.21. The van der Waals surface area contributed by atoms with E-state index >= 15 is 0 Å². The minimum atomic E-state index is -0.303. The zero-order valence-electron chi connectivity index (χ0n) is 14.2. The number of hydrogen-bond donors (Lipinski definition) is 3. The van der Waals surface area contributed by atoms with E-state index in [4.69, 9.17) is 4.42 Å². The molecule has 0 unspecified atom stereocenters. The standard InChI is InChI=1S/C19H23N3O3/c1-3-6-15(4-2)22-19(24)20-13-14-8-10-16(11-9-14)21-18(23)17-7-5-12-25-17/h3,5,7-12,15H,1,4,6,13H2,2H3,(H,21,23)(H2,20,22,24)/t15-/m1/s1. The molecule has 2 rings (SSSR count). The monoisotopic (exact) mass is 341 g/mol. The number of amides is 3. The van der Waals surface area contributed by atoms with E-state index in [0.29, 0.717) is 12.2 Å². The SMILES string of the molecule is C=CC[C@@H](CC)NC(=O)NCc1ccc(NC(=O)c2ccco2)cc1. The summed E-state index contributed by atoms with van der Waals surface area (Å²) in [6.07, 6.45) is 4.84. The third-order valence-corrected chi connectivity index (χ3v) is 3.69. The first kappa shape index (κ1) is 18.3. The molecule has 3 amide bonds. The fourth-order valence-corrected chi connectivity index (χ4v) is 2.25. The van der Waals surface area contributed by atoms with Crippen LogP contribution in [-0.4, -0.2) is 18.0 Å². The van der Waals surface area contributed by atoms with Crippen LogP contribution in [0.2, 0.25) is 0 Å². The van der Waals surface area contributed by atoms with Crippen molar-refractivity contribution < 1.29 is 14.0 Å². The maximum Gasteiger partial charge on any atom is 0.315 e. The maximum absolute atomic E-state index is 11.9. The second-order valence-electron chi connectivity index (χ2n) is 5.58. The van der Waals surface area contributed by atoms with E-state index in [0.717, 1.165) is 18.4 Å². The van der Waals surface area contributed by atoms with Crippen LogP contribution in [0.3, 0.4) is 0 Å². The lowest BCUT2D eigenvalue weighted by molar-refractivity contribution is 0.0996. The molecule has 6 heteroatoms. The fraction of sp³-hybridized carbons (Fsp3) is 0.263. The number of anilines is 1. The molecule has 1 atom stereocenters. The van der Waals surface area contributed by atoms with E-state index in [9.17, 15) is 9.59 Å². The van der Waals surface area contributed by atoms with Gasteiger partial charge in [0.05, 0.1) is 6.26 Å². The van der Waals surface area contributed by atoms with Crippen LogP contribution in [0.25, 0.3) is 0 Å². The number of benzene rings is 1. The Hall–Kier alpha value is -3.02. The van der Waals surface area contributed by atoms with E-state index in [1.54, 1.807) is 30.3 Å². The molecule has 0 aliphatic rings. The number of urea groups is 1. The summed E-state index contributed by atoms with van der Waals surface area (Å²) in [7, 11) is 0. The number of furan rings is 1. The molecular weight excluding hydrogens is 318 g/mol. The van der Waals surface area contributed by atoms with Gasteiger partial charge in [-0.05, 0) is 42.7 Å². The molecule has 2 aromatic rings. The molecule has 1 aromatic heterocycles. The van der Waals surface area contributed by atoms with Gasteiger partial charge in [-0.25, -0.2) is 4.79 Å². The fourth-order valence-electron chi connectivity index (χ4n) is 2.25. The molecule has 25 heavy (non-hydrogen) atoms. The molecule has 0 spiro atoms. The predicted molar refractivity (Wildman–Crippen MR) is 97.4 cm³/mol. The van der Waals surface area contributed by atoms with Crippen molar-refractivity contribution in [3.05, 3.63) is 66.6 Å². The Bertz CT molecular complexity index is 693. The van der Waals surface area contributed by atoms with Crippen LogP contribution in [0, 0.1) is 0 Å². The van der Waals surface area contributed by atoms with Gasteiger partial charge in [0.1, 0.15) is 0 Å². The van der Waals surface area contributed by atoms with Crippen LogP contribution in [-0.2, 0) is 6.54 Å². The lowest BCUT2D eigenvalue weighted by atomic mass is 10.1. The van der Waals surface area contributed by atoms with Gasteiger partial charge in [-0.2, -0.15) is 0 Å². The molecule has 0 aliphatic heterocycles. The van der Waals surface area contributed by atoms with Crippen LogP contribution >= 0.6 is 0 Å². The zero-order chi connectivity index (χ0) is 18.1. The number of nitrogens with one attached hydrogen (secondary N) is 3. The van der Waals surface area contributed by atoms with Gasteiger partial charge in [-0.1, -0.05) is 25.1 Å². The van der Waals surface area contributed by atoms with Gasteiger partial charge >= 0.3 is 6.03 Å². The summed E-state index contributed by atoms with van der Waals surface area (Å²) in [4.78, 5) is 23.8. The van der Waals surface area contributed by atoms with Crippen molar-refractivity contribution in [2.45, 2.75) is 32.4 Å². The van der Waals surface area contributed by atoms with E-state index in [1.807, 2.05) is 19.1 Å². The Kier molecular flexibility index (Phi) is 6.83. The minimum Gasteiger partial charge on any atom is -0.459 e. The molecule has 1 aromatic carbocycles. The smallest absolute Gasteiger partial charge is 0.315 e. The van der Waals surface area contributed by atoms with E-state index in [2.05, 4.69) is 22.5 Å². The van der Waals surface area contributed by atoms with Crippen molar-refractivity contribution in [1.82, 2.24) is 10.6 Å². The van der Waals surface area contributed by atoms with Gasteiger partial charge < -0.3 is 20.4 Å². The lowest BCUT2D eigenvalue weighted by Gasteiger charge is -2.15. The van der Waals surface area contributed by atoms with Gasteiger partial charge in [-0.15, -0.1) is 6.58 Å². The van der Waals surface area contributed by atoms with Crippen LogP contribution in [0.15, 0.2) is 59.7 Å². The summed E-state index contributed by atoms with van der Waals surface area (Å²) in [6.45, 7) is 6.11. The predicted octanol–water partition coefficient (Wildman–Crippen LogP) is 3.69. The number of rotatable bonds is 8. The Morgan fingerprint density at radius 1 is 1.24 bits per heavy atom. The topological polar surface area (TPSA) is 83.4 Å². The molecule has 6 nitrogen and oxygen atoms in total. The number of carbonyl (C=O) groups is 2. The van der Waals surface area contributed by atoms with Crippen molar-refractivity contribution in [2.75, 3.05) is 5.32 Å². The second-order valence-corrected chi connectivity index (χ2v) is 5.58. The highest BCUT2D eigenvalue weighted by Gasteiger charge is 2.09. The highest BCUT2D eigenvalue weighted by atomic mass is 16.3. The Morgan fingerprint density at radius 2 is 2.00 bits per heavy atom. The van der Waals surface area contributed by atoms with E-state index in [1.165, 1.54) is 6.26 Å². The highest BCUT2D eigenvalue weighted by molar-refractivity contribution is 6.02. The van der Waals surface area contributed by atoms with Gasteiger partial charge in [0.15, 0.2) is 5.76 Å². The molecule has 0 fully saturated rings. The Morgan fingerprint density at radius 3 is 2.60 bits per heavy atom. The lowest BCUT2D eigenvalue weighted by Crippen LogP contribution is -2.41. The van der Waals surface area contributed by atoms with Crippen LogP contribution in [0.5, 0.6) is 0 Å². The van der Waals surface area contributed by atoms with Crippen molar-refractivity contribution in [3.63, 3.8) is 0 Å². The van der Waals surface area contributed by atoms with Gasteiger partial charge in [0.2, 0.25) is 0 Å². The summed E-state index contributed by atoms with van der Waals surface area (Å²) in [5.41, 5.74) is 1.59. The molecule has 0 saturated heterocycles. The van der Waals surface area contributed by atoms with Crippen LogP contribution in [0.1, 0.15) is 35.9 Å². The number of carbonyl (C=O) groups excluding carboxylic acids is 2. The van der Waals surface area contributed by atoms with Crippen LogP contribution < -0.4 is 16.0 Å². The molecule has 1 heterocycles. The molecule has 0 aliphatic carbocycles. The van der Waals surface area contributed by atoms with Crippen molar-refractivity contribution in [3.8, 4) is 0 Å². The summed E-state index contributed by atoms with van der Waals surface area (Å²) in [5.74, 6) is -0.0458. The Balaban J connectivity index is 1.81. The molecule has 0 bridgehead atoms. The molecular formula is C19H23N3O3. The normalized spacial score (nSPS) is 11.4. The van der Waals surface area contributed by atoms with Crippen molar-refractivity contribution >= 4 is 17.6 Å². The van der Waals surface area contributed by atoms with E-state index in [-0.39, 0.29) is 23.7 Å². The minimum absolute atomic E-state index is 0.0942. The third kappa shape index (κ3) is 5.84. The van der Waals surface area contributed by atoms with Gasteiger partial charge in [0, 0.05) is 18.3 Å². The summed E-state index contributed by atoms with van der Waals surface area (Å²) in [6, 6.07) is 10.4. The molecule has 0 radical (unpaired) electrons. The zero-order valence-corrected chi connectivity index (χ0v) is 14.2.